The van der Waals surface area contributed by atoms with Crippen LogP contribution in [0.5, 0.6) is 11.5 Å². The Morgan fingerprint density at radius 2 is 2.00 bits per heavy atom. The van der Waals surface area contributed by atoms with Gasteiger partial charge in [0.05, 0.1) is 25.8 Å². The van der Waals surface area contributed by atoms with Crippen LogP contribution in [0.15, 0.2) is 41.6 Å². The van der Waals surface area contributed by atoms with Gasteiger partial charge in [0.1, 0.15) is 16.5 Å². The van der Waals surface area contributed by atoms with Crippen molar-refractivity contribution in [2.75, 3.05) is 27.1 Å². The molecule has 8 heteroatoms. The molecule has 1 aromatic carbocycles. The van der Waals surface area contributed by atoms with E-state index in [1.807, 2.05) is 13.2 Å². The van der Waals surface area contributed by atoms with Crippen LogP contribution in [0, 0.1) is 0 Å². The summed E-state index contributed by atoms with van der Waals surface area (Å²) in [6.07, 6.45) is 3.41. The predicted molar refractivity (Wildman–Crippen MR) is 102 cm³/mol. The van der Waals surface area contributed by atoms with E-state index in [4.69, 9.17) is 14.2 Å². The molecule has 1 heterocycles. The van der Waals surface area contributed by atoms with Gasteiger partial charge in [0.15, 0.2) is 6.61 Å². The Hall–Kier alpha value is -2.74. The van der Waals surface area contributed by atoms with Gasteiger partial charge < -0.3 is 19.5 Å². The zero-order valence-corrected chi connectivity index (χ0v) is 16.5. The number of rotatable bonds is 8. The molecule has 1 atom stereocenters. The first-order valence-corrected chi connectivity index (χ1v) is 9.40. The quantitative estimate of drug-likeness (QED) is 0.548. The lowest BCUT2D eigenvalue weighted by atomic mass is 10.1. The first-order valence-electron chi connectivity index (χ1n) is 8.17. The van der Waals surface area contributed by atoms with Gasteiger partial charge in [-0.3, -0.25) is 4.79 Å². The van der Waals surface area contributed by atoms with Gasteiger partial charge in [-0.2, -0.15) is 0 Å². The second kappa shape index (κ2) is 9.82. The van der Waals surface area contributed by atoms with Gasteiger partial charge in [-0.05, 0) is 43.5 Å². The number of pyridine rings is 1. The fourth-order valence-corrected chi connectivity index (χ4v) is 2.99. The van der Waals surface area contributed by atoms with Gasteiger partial charge in [0.25, 0.3) is 5.91 Å². The van der Waals surface area contributed by atoms with Crippen molar-refractivity contribution in [1.82, 2.24) is 10.3 Å². The molecule has 7 nitrogen and oxygen atoms in total. The zero-order chi connectivity index (χ0) is 19.8. The second-order valence-corrected chi connectivity index (χ2v) is 6.33. The highest BCUT2D eigenvalue weighted by Gasteiger charge is 2.18. The van der Waals surface area contributed by atoms with Crippen molar-refractivity contribution in [2.45, 2.75) is 18.0 Å². The predicted octanol–water partition coefficient (Wildman–Crippen LogP) is 2.85. The molecular formula is C19H22N2O5S. The minimum atomic E-state index is -0.589. The molecule has 0 spiro atoms. The average Bonchev–Trinajstić information content (AvgIpc) is 2.71. The van der Waals surface area contributed by atoms with E-state index in [9.17, 15) is 9.59 Å². The van der Waals surface area contributed by atoms with Crippen molar-refractivity contribution < 1.29 is 23.8 Å². The highest BCUT2D eigenvalue weighted by atomic mass is 32.2. The van der Waals surface area contributed by atoms with Gasteiger partial charge in [-0.25, -0.2) is 9.78 Å². The van der Waals surface area contributed by atoms with E-state index in [0.29, 0.717) is 22.1 Å². The van der Waals surface area contributed by atoms with E-state index in [-0.39, 0.29) is 6.04 Å². The Kier molecular flexibility index (Phi) is 7.48. The monoisotopic (exact) mass is 390 g/mol. The number of esters is 1. The maximum atomic E-state index is 12.2. The first kappa shape index (κ1) is 20.6. The summed E-state index contributed by atoms with van der Waals surface area (Å²) >= 11 is 1.34. The highest BCUT2D eigenvalue weighted by molar-refractivity contribution is 7.98. The number of nitrogens with zero attached hydrogens (tertiary/aromatic N) is 1. The Labute approximate surface area is 162 Å². The molecule has 0 aliphatic rings. The van der Waals surface area contributed by atoms with Gasteiger partial charge >= 0.3 is 5.97 Å². The summed E-state index contributed by atoms with van der Waals surface area (Å²) in [5, 5.41) is 3.34. The van der Waals surface area contributed by atoms with Crippen molar-refractivity contribution >= 4 is 23.6 Å². The van der Waals surface area contributed by atoms with Gasteiger partial charge in [0, 0.05) is 11.8 Å². The van der Waals surface area contributed by atoms with E-state index in [2.05, 4.69) is 10.3 Å². The van der Waals surface area contributed by atoms with Gasteiger partial charge in [0.2, 0.25) is 0 Å². The minimum Gasteiger partial charge on any atom is -0.497 e. The number of thioether (sulfide) groups is 1. The maximum Gasteiger partial charge on any atom is 0.341 e. The number of ether oxygens (including phenoxy) is 3. The van der Waals surface area contributed by atoms with Crippen LogP contribution in [0.3, 0.4) is 0 Å². The van der Waals surface area contributed by atoms with Crippen LogP contribution in [0.1, 0.15) is 28.9 Å². The summed E-state index contributed by atoms with van der Waals surface area (Å²) in [5.74, 6) is 0.268. The Morgan fingerprint density at radius 3 is 2.67 bits per heavy atom. The third-order valence-electron chi connectivity index (χ3n) is 3.80. The third-order valence-corrected chi connectivity index (χ3v) is 4.51. The summed E-state index contributed by atoms with van der Waals surface area (Å²) < 4.78 is 15.7. The van der Waals surface area contributed by atoms with E-state index in [1.54, 1.807) is 50.7 Å². The molecule has 144 valence electrons. The lowest BCUT2D eigenvalue weighted by molar-refractivity contribution is -0.124. The van der Waals surface area contributed by atoms with Crippen molar-refractivity contribution in [2.24, 2.45) is 0 Å². The molecule has 0 aliphatic carbocycles. The normalized spacial score (nSPS) is 11.4. The van der Waals surface area contributed by atoms with Crippen LogP contribution in [0.2, 0.25) is 0 Å². The molecular weight excluding hydrogens is 368 g/mol. The van der Waals surface area contributed by atoms with E-state index in [0.717, 1.165) is 5.56 Å². The van der Waals surface area contributed by atoms with E-state index < -0.39 is 18.5 Å². The standard InChI is InChI=1S/C19H22N2O5S/c1-12(15-10-13(24-2)7-8-16(15)25-3)21-17(22)11-26-19(23)14-6-5-9-20-18(14)27-4/h5-10,12H,11H2,1-4H3,(H,21,22). The van der Waals surface area contributed by atoms with E-state index in [1.165, 1.54) is 11.8 Å². The van der Waals surface area contributed by atoms with E-state index >= 15 is 0 Å². The minimum absolute atomic E-state index is 0.334. The van der Waals surface area contributed by atoms with Crippen LogP contribution in [0.25, 0.3) is 0 Å². The lowest BCUT2D eigenvalue weighted by Gasteiger charge is -2.18. The largest absolute Gasteiger partial charge is 0.497 e. The first-order chi connectivity index (χ1) is 13.0. The molecule has 0 saturated heterocycles. The molecule has 0 bridgehead atoms. The number of methoxy groups -OCH3 is 2. The molecule has 1 aromatic heterocycles. The number of nitrogens with one attached hydrogen (secondary N) is 1. The molecule has 0 radical (unpaired) electrons. The van der Waals surface area contributed by atoms with Gasteiger partial charge in [-0.15, -0.1) is 11.8 Å². The molecule has 2 rings (SSSR count). The molecule has 1 N–H and O–H groups in total. The number of amides is 1. The highest BCUT2D eigenvalue weighted by Crippen LogP contribution is 2.29. The molecule has 0 fully saturated rings. The number of aromatic nitrogens is 1. The molecule has 2 aromatic rings. The average molecular weight is 390 g/mol. The smallest absolute Gasteiger partial charge is 0.341 e. The number of carbonyl (C=O) groups excluding carboxylic acids is 2. The van der Waals surface area contributed by atoms with Crippen molar-refractivity contribution in [3.05, 3.63) is 47.7 Å². The zero-order valence-electron chi connectivity index (χ0n) is 15.6. The topological polar surface area (TPSA) is 86.8 Å². The van der Waals surface area contributed by atoms with Crippen LogP contribution in [0.4, 0.5) is 0 Å². The van der Waals surface area contributed by atoms with Crippen LogP contribution < -0.4 is 14.8 Å². The summed E-state index contributed by atoms with van der Waals surface area (Å²) in [6, 6.07) is 8.23. The fourth-order valence-electron chi connectivity index (χ4n) is 2.46. The summed E-state index contributed by atoms with van der Waals surface area (Å²) in [4.78, 5) is 28.5. The summed E-state index contributed by atoms with van der Waals surface area (Å²) in [5.41, 5.74) is 1.09. The Bertz CT molecular complexity index is 812. The number of carbonyl (C=O) groups is 2. The SMILES string of the molecule is COc1ccc(OC)c(C(C)NC(=O)COC(=O)c2cccnc2SC)c1. The van der Waals surface area contributed by atoms with Crippen LogP contribution in [-0.4, -0.2) is 43.9 Å². The molecule has 0 aliphatic heterocycles. The van der Waals surface area contributed by atoms with Crippen molar-refractivity contribution in [3.8, 4) is 11.5 Å². The van der Waals surface area contributed by atoms with Crippen LogP contribution >= 0.6 is 11.8 Å². The molecule has 27 heavy (non-hydrogen) atoms. The number of benzene rings is 1. The van der Waals surface area contributed by atoms with Crippen molar-refractivity contribution in [3.63, 3.8) is 0 Å². The Balaban J connectivity index is 1.98. The van der Waals surface area contributed by atoms with Crippen LogP contribution in [-0.2, 0) is 9.53 Å². The van der Waals surface area contributed by atoms with Crippen molar-refractivity contribution in [1.29, 1.82) is 0 Å². The molecule has 0 saturated carbocycles. The fraction of sp³-hybridized carbons (Fsp3) is 0.316. The number of hydrogen-bond donors (Lipinski definition) is 1. The summed E-state index contributed by atoms with van der Waals surface area (Å²) in [6.45, 7) is 1.42. The maximum absolute atomic E-state index is 12.2. The molecule has 1 amide bonds. The third kappa shape index (κ3) is 5.37. The molecule has 1 unspecified atom stereocenters. The number of hydrogen-bond acceptors (Lipinski definition) is 7. The van der Waals surface area contributed by atoms with Gasteiger partial charge in [-0.1, -0.05) is 0 Å². The Morgan fingerprint density at radius 1 is 1.22 bits per heavy atom. The lowest BCUT2D eigenvalue weighted by Crippen LogP contribution is -2.31. The summed E-state index contributed by atoms with van der Waals surface area (Å²) in [7, 11) is 3.12. The second-order valence-electron chi connectivity index (χ2n) is 5.53.